The van der Waals surface area contributed by atoms with Crippen LogP contribution in [0.2, 0.25) is 0 Å². The summed E-state index contributed by atoms with van der Waals surface area (Å²) in [5.41, 5.74) is 0.391. The van der Waals surface area contributed by atoms with Crippen molar-refractivity contribution in [2.45, 2.75) is 6.36 Å². The molecule has 0 aromatic heterocycles. The Balaban J connectivity index is 2.28. The van der Waals surface area contributed by atoms with Gasteiger partial charge in [0.25, 0.3) is 0 Å². The predicted molar refractivity (Wildman–Crippen MR) is 72.1 cm³/mol. The van der Waals surface area contributed by atoms with E-state index in [1.165, 1.54) is 36.4 Å². The van der Waals surface area contributed by atoms with Crippen molar-refractivity contribution < 1.29 is 22.6 Å². The van der Waals surface area contributed by atoms with Gasteiger partial charge in [-0.3, -0.25) is 0 Å². The van der Waals surface area contributed by atoms with Crippen LogP contribution in [-0.2, 0) is 0 Å². The van der Waals surface area contributed by atoms with Crippen molar-refractivity contribution in [3.63, 3.8) is 0 Å². The summed E-state index contributed by atoms with van der Waals surface area (Å²) >= 11 is 3.17. The average Bonchev–Trinajstić information content (AvgIpc) is 2.40. The van der Waals surface area contributed by atoms with Crippen LogP contribution < -0.4 is 9.47 Å². The van der Waals surface area contributed by atoms with Gasteiger partial charge in [0.05, 0.1) is 5.56 Å². The summed E-state index contributed by atoms with van der Waals surface area (Å²) in [4.78, 5) is 0. The van der Waals surface area contributed by atoms with Crippen molar-refractivity contribution in [3.8, 4) is 23.3 Å². The number of nitrogens with zero attached hydrogens (tertiary/aromatic N) is 1. The molecule has 0 amide bonds. The van der Waals surface area contributed by atoms with Gasteiger partial charge in [0, 0.05) is 4.47 Å². The Morgan fingerprint density at radius 2 is 1.71 bits per heavy atom. The number of nitriles is 1. The number of alkyl halides is 3. The first kappa shape index (κ1) is 15.2. The largest absolute Gasteiger partial charge is 0.573 e. The maximum atomic E-state index is 12.3. The van der Waals surface area contributed by atoms with Crippen LogP contribution in [0.3, 0.4) is 0 Å². The van der Waals surface area contributed by atoms with E-state index in [2.05, 4.69) is 20.7 Å². The highest BCUT2D eigenvalue weighted by Gasteiger charge is 2.32. The SMILES string of the molecule is N#Cc1ccc(Oc2ccccc2OC(F)(F)F)cc1Br. The fourth-order valence-corrected chi connectivity index (χ4v) is 1.97. The molecule has 0 unspecified atom stereocenters. The maximum absolute atomic E-state index is 12.3. The highest BCUT2D eigenvalue weighted by atomic mass is 79.9. The van der Waals surface area contributed by atoms with Crippen LogP contribution in [0.4, 0.5) is 13.2 Å². The standard InChI is InChI=1S/C14H7BrF3NO2/c15-11-7-10(6-5-9(11)8-19)20-12-3-1-2-4-13(12)21-14(16,17)18/h1-7H. The number of hydrogen-bond donors (Lipinski definition) is 0. The molecule has 0 N–H and O–H groups in total. The molecule has 0 aliphatic carbocycles. The van der Waals surface area contributed by atoms with E-state index >= 15 is 0 Å². The Morgan fingerprint density at radius 1 is 1.05 bits per heavy atom. The van der Waals surface area contributed by atoms with Crippen LogP contribution in [0, 0.1) is 11.3 Å². The van der Waals surface area contributed by atoms with Crippen molar-refractivity contribution in [3.05, 3.63) is 52.5 Å². The molecule has 2 rings (SSSR count). The van der Waals surface area contributed by atoms with E-state index in [0.29, 0.717) is 10.0 Å². The average molecular weight is 358 g/mol. The van der Waals surface area contributed by atoms with E-state index in [1.807, 2.05) is 6.07 Å². The molecule has 0 atom stereocenters. The summed E-state index contributed by atoms with van der Waals surface area (Å²) in [5, 5.41) is 8.80. The zero-order chi connectivity index (χ0) is 15.5. The lowest BCUT2D eigenvalue weighted by atomic mass is 10.2. The van der Waals surface area contributed by atoms with Gasteiger partial charge >= 0.3 is 6.36 Å². The van der Waals surface area contributed by atoms with Gasteiger partial charge in [-0.1, -0.05) is 12.1 Å². The second kappa shape index (κ2) is 6.06. The lowest BCUT2D eigenvalue weighted by Gasteiger charge is -2.13. The number of para-hydroxylation sites is 2. The second-order valence-corrected chi connectivity index (χ2v) is 4.70. The van der Waals surface area contributed by atoms with Crippen LogP contribution in [0.1, 0.15) is 5.56 Å². The fourth-order valence-electron chi connectivity index (χ4n) is 1.52. The molecule has 2 aromatic carbocycles. The third-order valence-electron chi connectivity index (χ3n) is 2.36. The first-order chi connectivity index (χ1) is 9.89. The highest BCUT2D eigenvalue weighted by molar-refractivity contribution is 9.10. The molecule has 108 valence electrons. The van der Waals surface area contributed by atoms with Gasteiger partial charge in [-0.2, -0.15) is 5.26 Å². The summed E-state index contributed by atoms with van der Waals surface area (Å²) < 4.78 is 46.7. The van der Waals surface area contributed by atoms with Gasteiger partial charge in [-0.15, -0.1) is 13.2 Å². The van der Waals surface area contributed by atoms with E-state index in [0.717, 1.165) is 6.07 Å². The topological polar surface area (TPSA) is 42.2 Å². The Morgan fingerprint density at radius 3 is 2.29 bits per heavy atom. The first-order valence-electron chi connectivity index (χ1n) is 5.61. The molecule has 0 saturated carbocycles. The molecule has 0 bridgehead atoms. The van der Waals surface area contributed by atoms with E-state index < -0.39 is 12.1 Å². The zero-order valence-electron chi connectivity index (χ0n) is 10.3. The Kier molecular flexibility index (Phi) is 4.38. The lowest BCUT2D eigenvalue weighted by molar-refractivity contribution is -0.275. The van der Waals surface area contributed by atoms with Gasteiger partial charge < -0.3 is 9.47 Å². The third kappa shape index (κ3) is 4.13. The highest BCUT2D eigenvalue weighted by Crippen LogP contribution is 2.35. The van der Waals surface area contributed by atoms with Crippen LogP contribution in [0.15, 0.2) is 46.9 Å². The van der Waals surface area contributed by atoms with Crippen LogP contribution in [0.5, 0.6) is 17.2 Å². The normalized spacial score (nSPS) is 10.8. The lowest BCUT2D eigenvalue weighted by Crippen LogP contribution is -2.17. The molecule has 3 nitrogen and oxygen atoms in total. The summed E-state index contributed by atoms with van der Waals surface area (Å²) in [6.45, 7) is 0. The van der Waals surface area contributed by atoms with E-state index in [1.54, 1.807) is 0 Å². The van der Waals surface area contributed by atoms with Gasteiger partial charge in [0.2, 0.25) is 0 Å². The summed E-state index contributed by atoms with van der Waals surface area (Å²) in [7, 11) is 0. The smallest absolute Gasteiger partial charge is 0.453 e. The molecular formula is C14H7BrF3NO2. The van der Waals surface area contributed by atoms with E-state index in [-0.39, 0.29) is 11.5 Å². The molecule has 0 aliphatic heterocycles. The Hall–Kier alpha value is -2.20. The molecule has 0 saturated heterocycles. The van der Waals surface area contributed by atoms with Gasteiger partial charge in [0.15, 0.2) is 11.5 Å². The van der Waals surface area contributed by atoms with Gasteiger partial charge in [-0.25, -0.2) is 0 Å². The second-order valence-electron chi connectivity index (χ2n) is 3.85. The van der Waals surface area contributed by atoms with Crippen LogP contribution in [-0.4, -0.2) is 6.36 Å². The van der Waals surface area contributed by atoms with Crippen LogP contribution >= 0.6 is 15.9 Å². The van der Waals surface area contributed by atoms with Crippen molar-refractivity contribution >= 4 is 15.9 Å². The number of rotatable bonds is 3. The number of benzene rings is 2. The van der Waals surface area contributed by atoms with Crippen LogP contribution in [0.25, 0.3) is 0 Å². The Labute approximate surface area is 126 Å². The third-order valence-corrected chi connectivity index (χ3v) is 3.02. The molecule has 0 aliphatic rings. The van der Waals surface area contributed by atoms with E-state index in [9.17, 15) is 13.2 Å². The minimum Gasteiger partial charge on any atom is -0.453 e. The minimum atomic E-state index is -4.80. The van der Waals surface area contributed by atoms with Gasteiger partial charge in [0.1, 0.15) is 11.8 Å². The summed E-state index contributed by atoms with van der Waals surface area (Å²) in [6.07, 6.45) is -4.80. The number of hydrogen-bond acceptors (Lipinski definition) is 3. The van der Waals surface area contributed by atoms with E-state index in [4.69, 9.17) is 10.00 Å². The fraction of sp³-hybridized carbons (Fsp3) is 0.0714. The van der Waals surface area contributed by atoms with Crippen molar-refractivity contribution in [1.82, 2.24) is 0 Å². The van der Waals surface area contributed by atoms with Crippen molar-refractivity contribution in [2.75, 3.05) is 0 Å². The molecule has 0 spiro atoms. The first-order valence-corrected chi connectivity index (χ1v) is 6.40. The monoisotopic (exact) mass is 357 g/mol. The number of ether oxygens (including phenoxy) is 2. The van der Waals surface area contributed by atoms with Crippen molar-refractivity contribution in [2.24, 2.45) is 0 Å². The summed E-state index contributed by atoms with van der Waals surface area (Å²) in [6, 6.07) is 11.9. The quantitative estimate of drug-likeness (QED) is 0.775. The molecular weight excluding hydrogens is 351 g/mol. The molecule has 2 aromatic rings. The van der Waals surface area contributed by atoms with Gasteiger partial charge in [-0.05, 0) is 46.3 Å². The molecule has 0 radical (unpaired) electrons. The Bertz CT molecular complexity index is 695. The maximum Gasteiger partial charge on any atom is 0.573 e. The molecule has 0 fully saturated rings. The number of halogens is 4. The minimum absolute atomic E-state index is 0.0774. The van der Waals surface area contributed by atoms with Crippen molar-refractivity contribution in [1.29, 1.82) is 5.26 Å². The summed E-state index contributed by atoms with van der Waals surface area (Å²) in [5.74, 6) is -0.240. The zero-order valence-corrected chi connectivity index (χ0v) is 11.9. The molecule has 0 heterocycles. The predicted octanol–water partition coefficient (Wildman–Crippen LogP) is 5.01. The molecule has 21 heavy (non-hydrogen) atoms. The molecule has 7 heteroatoms.